The molecule has 0 aromatic carbocycles. The van der Waals surface area contributed by atoms with Gasteiger partial charge in [0.1, 0.15) is 0 Å². The van der Waals surface area contributed by atoms with Crippen molar-refractivity contribution in [2.45, 2.75) is 0 Å². The molecule has 0 aliphatic heterocycles. The van der Waals surface area contributed by atoms with Gasteiger partial charge in [-0.1, -0.05) is 0 Å². The maximum Gasteiger partial charge on any atom is 0.316 e. The molecule has 0 nitrogen and oxygen atoms in total. The SMILES string of the molecule is [AlH3].[La].[MgH2].[Mn].[Zn]. The average Bonchev–Trinajstić information content (AvgIpc) is 0. The Balaban J connectivity index is 0. The van der Waals surface area contributed by atoms with Gasteiger partial charge in [0, 0.05) is 72.1 Å². The van der Waals surface area contributed by atoms with Crippen LogP contribution in [-0.2, 0) is 36.5 Å². The molecule has 0 N–H and O–H groups in total. The van der Waals surface area contributed by atoms with E-state index in [1.54, 1.807) is 0 Å². The fourth-order valence-corrected chi connectivity index (χ4v) is 0. The summed E-state index contributed by atoms with van der Waals surface area (Å²) in [5, 5.41) is 0. The molecular formula is H5AlLaMgMnZn. The molecule has 0 aliphatic rings. The Bertz CT molecular complexity index is 11.6. The van der Waals surface area contributed by atoms with E-state index in [9.17, 15) is 0 Å². The summed E-state index contributed by atoms with van der Waals surface area (Å²) in [5.74, 6) is 0. The van der Waals surface area contributed by atoms with Gasteiger partial charge in [0.2, 0.25) is 0 Å². The molecule has 22 valence electrons. The summed E-state index contributed by atoms with van der Waals surface area (Å²) < 4.78 is 0. The van der Waals surface area contributed by atoms with E-state index in [1.165, 1.54) is 0 Å². The van der Waals surface area contributed by atoms with Crippen LogP contribution in [0, 0.1) is 35.6 Å². The Morgan fingerprint density at radius 3 is 1.00 bits per heavy atom. The predicted molar refractivity (Wildman–Crippen MR) is 18.5 cm³/mol. The van der Waals surface area contributed by atoms with Crippen LogP contribution in [0.15, 0.2) is 0 Å². The summed E-state index contributed by atoms with van der Waals surface area (Å²) >= 11 is 0. The summed E-state index contributed by atoms with van der Waals surface area (Å²) in [7, 11) is 0. The summed E-state index contributed by atoms with van der Waals surface area (Å²) in [6, 6.07) is 0. The first-order chi connectivity index (χ1) is 0. The summed E-state index contributed by atoms with van der Waals surface area (Å²) in [6.07, 6.45) is 0. The molecule has 2 radical (unpaired) electrons. The van der Waals surface area contributed by atoms with Crippen LogP contribution in [0.3, 0.4) is 0 Å². The third kappa shape index (κ3) is 18.3. The second kappa shape index (κ2) is 25.4. The van der Waals surface area contributed by atoms with Gasteiger partial charge >= 0.3 is 23.1 Å². The largest absolute Gasteiger partial charge is 0.316 e. The van der Waals surface area contributed by atoms with Gasteiger partial charge in [-0.25, -0.2) is 0 Å². The van der Waals surface area contributed by atoms with Crippen LogP contribution in [0.5, 0.6) is 0 Å². The second-order valence-corrected chi connectivity index (χ2v) is 0. The molecule has 0 aromatic rings. The quantitative estimate of drug-likeness (QED) is 0.449. The van der Waals surface area contributed by atoms with Crippen LogP contribution in [0.2, 0.25) is 0 Å². The minimum absolute atomic E-state index is 0. The standard InChI is InChI=1S/Al.La.Mg.Mn.Zn.5H. The van der Waals surface area contributed by atoms with Gasteiger partial charge in [-0.2, -0.15) is 0 Å². The van der Waals surface area contributed by atoms with Crippen molar-refractivity contribution in [1.82, 2.24) is 0 Å². The van der Waals surface area contributed by atoms with E-state index >= 15 is 0 Å². The summed E-state index contributed by atoms with van der Waals surface area (Å²) in [6.45, 7) is 0. The van der Waals surface area contributed by atoms with Crippen molar-refractivity contribution in [1.29, 1.82) is 0 Å². The van der Waals surface area contributed by atoms with E-state index in [4.69, 9.17) is 0 Å². The van der Waals surface area contributed by atoms with Gasteiger partial charge < -0.3 is 0 Å². The maximum absolute atomic E-state index is 0. The summed E-state index contributed by atoms with van der Waals surface area (Å²) in [4.78, 5) is 0. The van der Waals surface area contributed by atoms with Crippen LogP contribution in [0.1, 0.15) is 0 Å². The van der Waals surface area contributed by atoms with Crippen molar-refractivity contribution in [2.24, 2.45) is 0 Å². The fraction of sp³-hybridized carbons (Fsp3) is 0. The van der Waals surface area contributed by atoms with Crippen LogP contribution in [0.4, 0.5) is 0 Å². The van der Waals surface area contributed by atoms with E-state index in [0.717, 1.165) is 0 Å². The smallest absolute Gasteiger partial charge is 0 e. The monoisotopic (exact) mass is 314 g/mol. The second-order valence-electron chi connectivity index (χ2n) is 0. The van der Waals surface area contributed by atoms with E-state index in [1.807, 2.05) is 0 Å². The Morgan fingerprint density at radius 1 is 1.00 bits per heavy atom. The van der Waals surface area contributed by atoms with Gasteiger partial charge in [-0.3, -0.25) is 0 Å². The molecule has 0 atom stereocenters. The van der Waals surface area contributed by atoms with Crippen molar-refractivity contribution in [3.8, 4) is 0 Å². The zero-order valence-electron chi connectivity index (χ0n) is 1.66. The molecule has 0 amide bonds. The first kappa shape index (κ1) is 38.1. The number of hydrogen-bond acceptors (Lipinski definition) is 0. The van der Waals surface area contributed by atoms with Crippen molar-refractivity contribution >= 4 is 40.4 Å². The van der Waals surface area contributed by atoms with E-state index < -0.39 is 0 Å². The van der Waals surface area contributed by atoms with Gasteiger partial charge in [-0.05, 0) is 0 Å². The molecule has 0 spiro atoms. The minimum atomic E-state index is 0. The van der Waals surface area contributed by atoms with Crippen LogP contribution < -0.4 is 0 Å². The van der Waals surface area contributed by atoms with Crippen LogP contribution in [0.25, 0.3) is 0 Å². The third-order valence-electron chi connectivity index (χ3n) is 0. The molecule has 0 rings (SSSR count). The molecule has 0 aromatic heterocycles. The maximum atomic E-state index is 0. The number of hydrogen-bond donors (Lipinski definition) is 0. The molecular weight excluding hydrogens is 311 g/mol. The van der Waals surface area contributed by atoms with Crippen molar-refractivity contribution in [3.05, 3.63) is 0 Å². The molecule has 5 heavy (non-hydrogen) atoms. The van der Waals surface area contributed by atoms with Gasteiger partial charge in [0.25, 0.3) is 0 Å². The zero-order valence-corrected chi connectivity index (χ0v) is 9.44. The Kier molecular flexibility index (Phi) is 194. The molecule has 0 aliphatic carbocycles. The van der Waals surface area contributed by atoms with Crippen LogP contribution in [-0.4, -0.2) is 40.4 Å². The summed E-state index contributed by atoms with van der Waals surface area (Å²) in [5.41, 5.74) is 0. The van der Waals surface area contributed by atoms with Crippen molar-refractivity contribution < 1.29 is 72.1 Å². The average molecular weight is 316 g/mol. The Labute approximate surface area is 110 Å². The fourth-order valence-electron chi connectivity index (χ4n) is 0. The number of rotatable bonds is 0. The topological polar surface area (TPSA) is 0 Å². The van der Waals surface area contributed by atoms with Crippen molar-refractivity contribution in [3.63, 3.8) is 0 Å². The Morgan fingerprint density at radius 2 is 1.00 bits per heavy atom. The van der Waals surface area contributed by atoms with Crippen LogP contribution >= 0.6 is 0 Å². The molecule has 0 unspecified atom stereocenters. The van der Waals surface area contributed by atoms with E-state index in [0.29, 0.717) is 0 Å². The molecule has 0 saturated carbocycles. The van der Waals surface area contributed by atoms with Gasteiger partial charge in [0.05, 0.1) is 0 Å². The van der Waals surface area contributed by atoms with Gasteiger partial charge in [0.15, 0.2) is 17.4 Å². The molecule has 0 saturated heterocycles. The van der Waals surface area contributed by atoms with E-state index in [2.05, 4.69) is 0 Å². The van der Waals surface area contributed by atoms with Gasteiger partial charge in [-0.15, -0.1) is 0 Å². The third-order valence-corrected chi connectivity index (χ3v) is 0. The first-order valence-electron chi connectivity index (χ1n) is 0. The first-order valence-corrected chi connectivity index (χ1v) is 0. The zero-order chi connectivity index (χ0) is 0. The molecule has 0 heterocycles. The molecule has 0 bridgehead atoms. The normalized spacial score (nSPS) is 0. The van der Waals surface area contributed by atoms with Crippen molar-refractivity contribution in [2.75, 3.05) is 0 Å². The minimum Gasteiger partial charge on any atom is 0 e. The Hall–Kier alpha value is 3.64. The molecule has 5 heteroatoms. The molecule has 0 fully saturated rings. The van der Waals surface area contributed by atoms with E-state index in [-0.39, 0.29) is 113 Å². The predicted octanol–water partition coefficient (Wildman–Crippen LogP) is -2.11.